The molecule has 4 aromatic carbocycles. The van der Waals surface area contributed by atoms with E-state index in [1.54, 1.807) is 12.1 Å². The first kappa shape index (κ1) is 22.6. The van der Waals surface area contributed by atoms with Crippen LogP contribution in [0.4, 0.5) is 11.4 Å². The van der Waals surface area contributed by atoms with Crippen LogP contribution in [0.2, 0.25) is 0 Å². The minimum Gasteiger partial charge on any atom is -0.258 e. The minimum absolute atomic E-state index is 0.0638. The lowest BCUT2D eigenvalue weighted by Gasteiger charge is -2.26. The van der Waals surface area contributed by atoms with Crippen molar-refractivity contribution in [2.75, 3.05) is 0 Å². The molecule has 0 unspecified atom stereocenters. The Labute approximate surface area is 199 Å². The van der Waals surface area contributed by atoms with Crippen molar-refractivity contribution < 1.29 is 4.92 Å². The summed E-state index contributed by atoms with van der Waals surface area (Å²) in [6.07, 6.45) is 0. The third-order valence-electron chi connectivity index (χ3n) is 5.38. The van der Waals surface area contributed by atoms with Crippen molar-refractivity contribution in [2.45, 2.75) is 31.1 Å². The summed E-state index contributed by atoms with van der Waals surface area (Å²) in [4.78, 5) is 11.5. The van der Waals surface area contributed by atoms with E-state index in [0.29, 0.717) is 0 Å². The molecule has 0 N–H and O–H groups in total. The van der Waals surface area contributed by atoms with Gasteiger partial charge in [-0.2, -0.15) is 0 Å². The second-order valence-corrected chi connectivity index (χ2v) is 9.68. The summed E-state index contributed by atoms with van der Waals surface area (Å²) in [5.41, 5.74) is 6.34. The first-order valence-electron chi connectivity index (χ1n) is 10.7. The van der Waals surface area contributed by atoms with Crippen LogP contribution in [0.3, 0.4) is 0 Å². The van der Waals surface area contributed by atoms with Crippen LogP contribution in [-0.4, -0.2) is 4.92 Å². The lowest BCUT2D eigenvalue weighted by Crippen LogP contribution is -2.14. The average molecular weight is 454 g/mol. The van der Waals surface area contributed by atoms with E-state index in [0.717, 1.165) is 38.4 Å². The van der Waals surface area contributed by atoms with E-state index in [-0.39, 0.29) is 16.0 Å². The number of non-ortho nitro benzene ring substituents is 1. The second-order valence-electron chi connectivity index (χ2n) is 8.84. The normalized spacial score (nSPS) is 11.2. The summed E-state index contributed by atoms with van der Waals surface area (Å²) < 4.78 is 4.95. The zero-order chi connectivity index (χ0) is 23.4. The van der Waals surface area contributed by atoms with E-state index >= 15 is 0 Å². The van der Waals surface area contributed by atoms with E-state index in [4.69, 9.17) is 4.72 Å². The quantitative estimate of drug-likeness (QED) is 0.168. The number of nitro groups is 1. The number of nitrogens with zero attached hydrogens (tertiary/aromatic N) is 2. The molecule has 0 fully saturated rings. The fourth-order valence-corrected chi connectivity index (χ4v) is 4.40. The summed E-state index contributed by atoms with van der Waals surface area (Å²) in [5, 5.41) is 11.2. The molecule has 0 spiro atoms. The van der Waals surface area contributed by atoms with Crippen LogP contribution in [0.15, 0.2) is 102 Å². The van der Waals surface area contributed by atoms with Crippen LogP contribution in [0, 0.1) is 10.1 Å². The van der Waals surface area contributed by atoms with Gasteiger partial charge >= 0.3 is 0 Å². The van der Waals surface area contributed by atoms with Crippen molar-refractivity contribution in [3.05, 3.63) is 113 Å². The molecule has 4 nitrogen and oxygen atoms in total. The van der Waals surface area contributed by atoms with Gasteiger partial charge in [0.2, 0.25) is 0 Å². The molecule has 0 bridgehead atoms. The van der Waals surface area contributed by atoms with Gasteiger partial charge in [0.25, 0.3) is 5.69 Å². The van der Waals surface area contributed by atoms with Gasteiger partial charge in [0.05, 0.1) is 10.6 Å². The first-order chi connectivity index (χ1) is 15.8. The molecular formula is C28H25N2O2S. The summed E-state index contributed by atoms with van der Waals surface area (Å²) in [5.74, 6) is 0. The molecule has 165 valence electrons. The van der Waals surface area contributed by atoms with E-state index in [9.17, 15) is 10.1 Å². The molecule has 0 aliphatic carbocycles. The van der Waals surface area contributed by atoms with Crippen LogP contribution in [-0.2, 0) is 5.41 Å². The Hall–Kier alpha value is -3.57. The fraction of sp³-hybridized carbons (Fsp3) is 0.143. The molecule has 0 atom stereocenters. The van der Waals surface area contributed by atoms with Gasteiger partial charge < -0.3 is 0 Å². The predicted molar refractivity (Wildman–Crippen MR) is 137 cm³/mol. The van der Waals surface area contributed by atoms with Gasteiger partial charge in [-0.05, 0) is 45.9 Å². The Morgan fingerprint density at radius 3 is 2.00 bits per heavy atom. The number of benzene rings is 4. The predicted octanol–water partition coefficient (Wildman–Crippen LogP) is 8.17. The number of hydrogen-bond donors (Lipinski definition) is 0. The number of rotatable bonds is 6. The number of hydrogen-bond acceptors (Lipinski definition) is 3. The van der Waals surface area contributed by atoms with Crippen molar-refractivity contribution in [1.29, 1.82) is 0 Å². The zero-order valence-electron chi connectivity index (χ0n) is 18.9. The monoisotopic (exact) mass is 453 g/mol. The molecule has 0 saturated carbocycles. The van der Waals surface area contributed by atoms with Gasteiger partial charge in [-0.1, -0.05) is 87.5 Å². The molecule has 5 heteroatoms. The minimum atomic E-state index is -0.380. The van der Waals surface area contributed by atoms with Crippen molar-refractivity contribution >= 4 is 23.3 Å². The van der Waals surface area contributed by atoms with Gasteiger partial charge in [0, 0.05) is 34.5 Å². The lowest BCUT2D eigenvalue weighted by atomic mass is 9.81. The van der Waals surface area contributed by atoms with Gasteiger partial charge in [-0.15, -0.1) is 0 Å². The molecule has 0 aliphatic rings. The number of nitro benzene ring substituents is 1. The van der Waals surface area contributed by atoms with E-state index in [1.165, 1.54) is 18.0 Å². The zero-order valence-corrected chi connectivity index (χ0v) is 19.7. The summed E-state index contributed by atoms with van der Waals surface area (Å²) in [6, 6.07) is 31.6. The van der Waals surface area contributed by atoms with Crippen molar-refractivity contribution in [3.8, 4) is 22.3 Å². The molecule has 4 aromatic rings. The SMILES string of the molecule is CC(C)(C)c1cc(-c2ccccc2)cc(-c2ccccc2)c1[N]Sc1cccc([N+](=O)[O-])c1. The average Bonchev–Trinajstić information content (AvgIpc) is 2.83. The van der Waals surface area contributed by atoms with E-state index in [2.05, 4.69) is 57.2 Å². The molecule has 0 aromatic heterocycles. The van der Waals surface area contributed by atoms with Gasteiger partial charge in [-0.25, -0.2) is 4.72 Å². The maximum absolute atomic E-state index is 11.2. The molecule has 1 radical (unpaired) electrons. The Morgan fingerprint density at radius 1 is 0.758 bits per heavy atom. The molecule has 4 rings (SSSR count). The van der Waals surface area contributed by atoms with Crippen LogP contribution in [0.1, 0.15) is 26.3 Å². The van der Waals surface area contributed by atoms with Crippen LogP contribution >= 0.6 is 11.9 Å². The summed E-state index contributed by atoms with van der Waals surface area (Å²) in [7, 11) is 0. The molecule has 0 saturated heterocycles. The Bertz CT molecular complexity index is 1270. The Morgan fingerprint density at radius 2 is 1.39 bits per heavy atom. The van der Waals surface area contributed by atoms with Crippen molar-refractivity contribution in [1.82, 2.24) is 4.72 Å². The highest BCUT2D eigenvalue weighted by molar-refractivity contribution is 7.97. The highest BCUT2D eigenvalue weighted by atomic mass is 32.2. The Balaban J connectivity index is 1.85. The van der Waals surface area contributed by atoms with Crippen LogP contribution in [0.25, 0.3) is 22.3 Å². The highest BCUT2D eigenvalue weighted by Gasteiger charge is 2.24. The molecule has 33 heavy (non-hydrogen) atoms. The summed E-state index contributed by atoms with van der Waals surface area (Å²) in [6.45, 7) is 6.55. The lowest BCUT2D eigenvalue weighted by molar-refractivity contribution is -0.385. The van der Waals surface area contributed by atoms with Crippen LogP contribution < -0.4 is 4.72 Å². The van der Waals surface area contributed by atoms with E-state index < -0.39 is 0 Å². The fourth-order valence-electron chi connectivity index (χ4n) is 3.69. The van der Waals surface area contributed by atoms with Gasteiger partial charge in [-0.3, -0.25) is 10.1 Å². The standard InChI is InChI=1S/C28H25N2O2S/c1-28(2,3)26-18-22(20-11-6-4-7-12-20)17-25(21-13-8-5-9-14-21)27(26)29-33-24-16-10-15-23(19-24)30(31)32/h4-19H,1-3H3. The summed E-state index contributed by atoms with van der Waals surface area (Å²) >= 11 is 1.27. The third kappa shape index (κ3) is 5.26. The largest absolute Gasteiger partial charge is 0.270 e. The van der Waals surface area contributed by atoms with Gasteiger partial charge in [0.15, 0.2) is 0 Å². The molecular weight excluding hydrogens is 428 g/mol. The maximum Gasteiger partial charge on any atom is 0.270 e. The van der Waals surface area contributed by atoms with Crippen molar-refractivity contribution in [3.63, 3.8) is 0 Å². The molecule has 0 aliphatic heterocycles. The highest BCUT2D eigenvalue weighted by Crippen LogP contribution is 2.43. The van der Waals surface area contributed by atoms with Crippen molar-refractivity contribution in [2.24, 2.45) is 0 Å². The molecule has 0 amide bonds. The molecule has 0 heterocycles. The second kappa shape index (κ2) is 9.51. The van der Waals surface area contributed by atoms with Crippen LogP contribution in [0.5, 0.6) is 0 Å². The topological polar surface area (TPSA) is 57.2 Å². The van der Waals surface area contributed by atoms with Gasteiger partial charge in [0.1, 0.15) is 0 Å². The smallest absolute Gasteiger partial charge is 0.258 e. The Kier molecular flexibility index (Phi) is 6.52. The third-order valence-corrected chi connectivity index (χ3v) is 6.12. The maximum atomic E-state index is 11.2. The first-order valence-corrected chi connectivity index (χ1v) is 11.5. The van der Waals surface area contributed by atoms with E-state index in [1.807, 2.05) is 42.5 Å².